The van der Waals surface area contributed by atoms with Gasteiger partial charge in [0.05, 0.1) is 5.56 Å². The predicted molar refractivity (Wildman–Crippen MR) is 76.3 cm³/mol. The van der Waals surface area contributed by atoms with E-state index in [1.54, 1.807) is 7.05 Å². The lowest BCUT2D eigenvalue weighted by molar-refractivity contribution is 0.511. The molecule has 0 bridgehead atoms. The Morgan fingerprint density at radius 2 is 2.00 bits per heavy atom. The van der Waals surface area contributed by atoms with Gasteiger partial charge in [0.2, 0.25) is 0 Å². The molecule has 0 saturated heterocycles. The van der Waals surface area contributed by atoms with Gasteiger partial charge in [-0.1, -0.05) is 12.1 Å². The quantitative estimate of drug-likeness (QED) is 0.782. The van der Waals surface area contributed by atoms with Crippen LogP contribution in [0.5, 0.6) is 0 Å². The zero-order valence-electron chi connectivity index (χ0n) is 10.6. The van der Waals surface area contributed by atoms with Crippen molar-refractivity contribution in [2.45, 2.75) is 0 Å². The highest BCUT2D eigenvalue weighted by atomic mass is 32.1. The van der Waals surface area contributed by atoms with E-state index in [9.17, 15) is 8.78 Å². The van der Waals surface area contributed by atoms with Gasteiger partial charge in [-0.25, -0.2) is 8.78 Å². The van der Waals surface area contributed by atoms with Gasteiger partial charge in [0, 0.05) is 17.5 Å². The summed E-state index contributed by atoms with van der Waals surface area (Å²) in [6.07, 6.45) is 0. The van der Waals surface area contributed by atoms with Crippen LogP contribution in [0.2, 0.25) is 0 Å². The van der Waals surface area contributed by atoms with Crippen molar-refractivity contribution in [2.75, 3.05) is 5.73 Å². The summed E-state index contributed by atoms with van der Waals surface area (Å²) in [4.78, 5) is 0.870. The van der Waals surface area contributed by atoms with Gasteiger partial charge < -0.3 is 5.73 Å². The fourth-order valence-corrected chi connectivity index (χ4v) is 2.86. The standard InChI is InChI=1S/C14H11F2N3S/c1-19-14(17)11(10-6-3-7-20-10)13(18-19)8-4-2-5-9(15)12(8)16/h2-7H,17H2,1H3. The third kappa shape index (κ3) is 1.89. The number of hydrogen-bond acceptors (Lipinski definition) is 3. The number of aromatic nitrogens is 2. The molecule has 20 heavy (non-hydrogen) atoms. The number of thiophene rings is 1. The molecular weight excluding hydrogens is 280 g/mol. The Bertz CT molecular complexity index is 763. The Kier molecular flexibility index (Phi) is 3.02. The summed E-state index contributed by atoms with van der Waals surface area (Å²) < 4.78 is 28.9. The first kappa shape index (κ1) is 12.8. The molecule has 3 aromatic rings. The first-order chi connectivity index (χ1) is 9.59. The maximum absolute atomic E-state index is 14.0. The van der Waals surface area contributed by atoms with E-state index < -0.39 is 11.6 Å². The highest BCUT2D eigenvalue weighted by molar-refractivity contribution is 7.13. The van der Waals surface area contributed by atoms with Crippen molar-refractivity contribution in [1.29, 1.82) is 0 Å². The second-order valence-electron chi connectivity index (χ2n) is 4.31. The molecule has 2 N–H and O–H groups in total. The first-order valence-corrected chi connectivity index (χ1v) is 6.78. The minimum absolute atomic E-state index is 0.112. The fraction of sp³-hybridized carbons (Fsp3) is 0.0714. The monoisotopic (exact) mass is 291 g/mol. The third-order valence-corrected chi connectivity index (χ3v) is 3.95. The number of halogens is 2. The molecule has 0 fully saturated rings. The molecule has 0 atom stereocenters. The van der Waals surface area contributed by atoms with E-state index in [1.807, 2.05) is 17.5 Å². The van der Waals surface area contributed by atoms with Gasteiger partial charge >= 0.3 is 0 Å². The lowest BCUT2D eigenvalue weighted by atomic mass is 10.1. The molecule has 0 spiro atoms. The highest BCUT2D eigenvalue weighted by Gasteiger charge is 2.21. The average Bonchev–Trinajstić information content (AvgIpc) is 3.03. The summed E-state index contributed by atoms with van der Waals surface area (Å²) in [6, 6.07) is 7.78. The van der Waals surface area contributed by atoms with Gasteiger partial charge in [-0.15, -0.1) is 11.3 Å². The van der Waals surface area contributed by atoms with E-state index in [0.717, 1.165) is 10.9 Å². The number of benzene rings is 1. The van der Waals surface area contributed by atoms with Crippen molar-refractivity contribution in [3.63, 3.8) is 0 Å². The lowest BCUT2D eigenvalue weighted by Gasteiger charge is -2.03. The van der Waals surface area contributed by atoms with Gasteiger partial charge in [-0.2, -0.15) is 5.10 Å². The van der Waals surface area contributed by atoms with Crippen LogP contribution in [0.25, 0.3) is 21.7 Å². The fourth-order valence-electron chi connectivity index (χ4n) is 2.08. The molecule has 0 aliphatic carbocycles. The number of nitrogen functional groups attached to an aromatic ring is 1. The summed E-state index contributed by atoms with van der Waals surface area (Å²) in [5.41, 5.74) is 7.11. The van der Waals surface area contributed by atoms with Crippen molar-refractivity contribution >= 4 is 17.2 Å². The topological polar surface area (TPSA) is 43.8 Å². The minimum Gasteiger partial charge on any atom is -0.383 e. The van der Waals surface area contributed by atoms with Crippen LogP contribution in [-0.4, -0.2) is 9.78 Å². The third-order valence-electron chi connectivity index (χ3n) is 3.07. The molecule has 0 amide bonds. The molecule has 102 valence electrons. The summed E-state index contributed by atoms with van der Waals surface area (Å²) in [6.45, 7) is 0. The number of rotatable bonds is 2. The maximum atomic E-state index is 14.0. The summed E-state index contributed by atoms with van der Waals surface area (Å²) in [7, 11) is 1.67. The van der Waals surface area contributed by atoms with Gasteiger partial charge in [0.25, 0.3) is 0 Å². The Morgan fingerprint density at radius 3 is 2.70 bits per heavy atom. The second kappa shape index (κ2) is 4.72. The van der Waals surface area contributed by atoms with Crippen LogP contribution in [0.4, 0.5) is 14.6 Å². The molecular formula is C14H11F2N3S. The second-order valence-corrected chi connectivity index (χ2v) is 5.26. The van der Waals surface area contributed by atoms with Crippen molar-refractivity contribution in [2.24, 2.45) is 7.05 Å². The Balaban J connectivity index is 2.30. The van der Waals surface area contributed by atoms with E-state index >= 15 is 0 Å². The molecule has 3 nitrogen and oxygen atoms in total. The molecule has 3 rings (SSSR count). The zero-order valence-corrected chi connectivity index (χ0v) is 11.4. The van der Waals surface area contributed by atoms with Crippen molar-refractivity contribution < 1.29 is 8.78 Å². The maximum Gasteiger partial charge on any atom is 0.168 e. The Labute approximate surface area is 118 Å². The Hall–Kier alpha value is -2.21. The van der Waals surface area contributed by atoms with Gasteiger partial charge in [-0.05, 0) is 23.6 Å². The van der Waals surface area contributed by atoms with Crippen molar-refractivity contribution in [3.8, 4) is 21.7 Å². The molecule has 0 saturated carbocycles. The number of anilines is 1. The minimum atomic E-state index is -0.914. The summed E-state index contributed by atoms with van der Waals surface area (Å²) in [5, 5.41) is 6.13. The number of aryl methyl sites for hydroxylation is 1. The highest BCUT2D eigenvalue weighted by Crippen LogP contribution is 2.39. The van der Waals surface area contributed by atoms with Crippen LogP contribution >= 0.6 is 11.3 Å². The van der Waals surface area contributed by atoms with E-state index in [2.05, 4.69) is 5.10 Å². The zero-order chi connectivity index (χ0) is 14.3. The van der Waals surface area contributed by atoms with Crippen LogP contribution < -0.4 is 5.73 Å². The first-order valence-electron chi connectivity index (χ1n) is 5.90. The van der Waals surface area contributed by atoms with E-state index in [0.29, 0.717) is 17.1 Å². The SMILES string of the molecule is Cn1nc(-c2cccc(F)c2F)c(-c2cccs2)c1N. The molecule has 6 heteroatoms. The number of nitrogens with zero attached hydrogens (tertiary/aromatic N) is 2. The molecule has 0 aliphatic heterocycles. The van der Waals surface area contributed by atoms with Crippen LogP contribution in [0.1, 0.15) is 0 Å². The number of nitrogens with two attached hydrogens (primary N) is 1. The smallest absolute Gasteiger partial charge is 0.168 e. The normalized spacial score (nSPS) is 10.9. The number of hydrogen-bond donors (Lipinski definition) is 1. The van der Waals surface area contributed by atoms with Crippen LogP contribution in [-0.2, 0) is 7.05 Å². The largest absolute Gasteiger partial charge is 0.383 e. The molecule has 0 unspecified atom stereocenters. The Morgan fingerprint density at radius 1 is 1.20 bits per heavy atom. The van der Waals surface area contributed by atoms with E-state index in [-0.39, 0.29) is 5.56 Å². The van der Waals surface area contributed by atoms with E-state index in [1.165, 1.54) is 28.2 Å². The van der Waals surface area contributed by atoms with Crippen LogP contribution in [0.3, 0.4) is 0 Å². The van der Waals surface area contributed by atoms with Crippen LogP contribution in [0, 0.1) is 11.6 Å². The molecule has 1 aromatic carbocycles. The predicted octanol–water partition coefficient (Wildman–Crippen LogP) is 3.68. The molecule has 0 aliphatic rings. The van der Waals surface area contributed by atoms with Gasteiger partial charge in [-0.3, -0.25) is 4.68 Å². The average molecular weight is 291 g/mol. The van der Waals surface area contributed by atoms with Gasteiger partial charge in [0.15, 0.2) is 11.6 Å². The summed E-state index contributed by atoms with van der Waals surface area (Å²) in [5.74, 6) is -1.39. The van der Waals surface area contributed by atoms with Gasteiger partial charge in [0.1, 0.15) is 11.5 Å². The van der Waals surface area contributed by atoms with Crippen molar-refractivity contribution in [1.82, 2.24) is 9.78 Å². The molecule has 2 aromatic heterocycles. The van der Waals surface area contributed by atoms with E-state index in [4.69, 9.17) is 5.73 Å². The van der Waals surface area contributed by atoms with Crippen LogP contribution in [0.15, 0.2) is 35.7 Å². The molecule has 2 heterocycles. The molecule has 0 radical (unpaired) electrons. The summed E-state index contributed by atoms with van der Waals surface area (Å²) >= 11 is 1.47. The lowest BCUT2D eigenvalue weighted by Crippen LogP contribution is -1.97. The van der Waals surface area contributed by atoms with Crippen molar-refractivity contribution in [3.05, 3.63) is 47.3 Å².